The molecule has 0 radical (unpaired) electrons. The van der Waals surface area contributed by atoms with Crippen molar-refractivity contribution in [3.63, 3.8) is 0 Å². The van der Waals surface area contributed by atoms with Crippen LogP contribution in [0.25, 0.3) is 0 Å². The summed E-state index contributed by atoms with van der Waals surface area (Å²) in [5.41, 5.74) is 0. The van der Waals surface area contributed by atoms with Crippen LogP contribution < -0.4 is 24.2 Å². The van der Waals surface area contributed by atoms with Crippen molar-refractivity contribution in [2.24, 2.45) is 5.92 Å². The number of ether oxygens (including phenoxy) is 3. The zero-order chi connectivity index (χ0) is 24.8. The average Bonchev–Trinajstić information content (AvgIpc) is 2.81. The van der Waals surface area contributed by atoms with Gasteiger partial charge in [0.2, 0.25) is 5.75 Å². The highest BCUT2D eigenvalue weighted by Gasteiger charge is 2.22. The van der Waals surface area contributed by atoms with Crippen LogP contribution in [0.1, 0.15) is 38.5 Å². The van der Waals surface area contributed by atoms with E-state index in [0.29, 0.717) is 36.0 Å². The quantitative estimate of drug-likeness (QED) is 0.359. The molecule has 3 N–H and O–H groups in total. The van der Waals surface area contributed by atoms with Crippen LogP contribution in [0.5, 0.6) is 17.2 Å². The molecule has 0 aromatic heterocycles. The minimum atomic E-state index is -2.07. The van der Waals surface area contributed by atoms with Crippen LogP contribution in [0.3, 0.4) is 0 Å². The number of para-hydroxylation sites is 1. The van der Waals surface area contributed by atoms with E-state index in [0.717, 1.165) is 24.3 Å². The summed E-state index contributed by atoms with van der Waals surface area (Å²) in [5.74, 6) is -1.70. The summed E-state index contributed by atoms with van der Waals surface area (Å²) < 4.78 is 16.3. The van der Waals surface area contributed by atoms with Gasteiger partial charge in [-0.2, -0.15) is 0 Å². The fourth-order valence-electron chi connectivity index (χ4n) is 3.69. The molecule has 10 heteroatoms. The molecule has 0 saturated heterocycles. The molecular formula is C23H35NO9. The lowest BCUT2D eigenvalue weighted by Crippen LogP contribution is -3.10. The number of hydrogen-bond donors (Lipinski definition) is 3. The molecule has 0 amide bonds. The molecule has 1 saturated carbocycles. The topological polar surface area (TPSA) is 147 Å². The van der Waals surface area contributed by atoms with Gasteiger partial charge in [0.15, 0.2) is 17.5 Å². The number of carboxylic acid groups (broad SMARTS) is 2. The second-order valence-electron chi connectivity index (χ2n) is 8.01. The minimum absolute atomic E-state index is 0.164. The Labute approximate surface area is 194 Å². The Bertz CT molecular complexity index is 750. The van der Waals surface area contributed by atoms with E-state index in [2.05, 4.69) is 0 Å². The summed E-state index contributed by atoms with van der Waals surface area (Å²) in [5, 5.41) is 26.6. The Kier molecular flexibility index (Phi) is 12.9. The van der Waals surface area contributed by atoms with Crippen molar-refractivity contribution in [1.29, 1.82) is 0 Å². The largest absolute Gasteiger partial charge is 0.539 e. The van der Waals surface area contributed by atoms with E-state index in [4.69, 9.17) is 34.0 Å². The van der Waals surface area contributed by atoms with Crippen LogP contribution in [0, 0.1) is 5.92 Å². The molecule has 1 aromatic rings. The van der Waals surface area contributed by atoms with Crippen molar-refractivity contribution < 1.29 is 48.8 Å². The Balaban J connectivity index is 0.000000801. The van der Waals surface area contributed by atoms with Gasteiger partial charge in [0.05, 0.1) is 34.2 Å². The van der Waals surface area contributed by atoms with E-state index in [9.17, 15) is 9.90 Å². The first-order chi connectivity index (χ1) is 15.7. The molecule has 1 fully saturated rings. The number of aliphatic carboxylic acids is 2. The number of nitrogens with one attached hydrogen (secondary N) is 1. The number of ketones is 1. The smallest absolute Gasteiger partial charge is 0.351 e. The summed E-state index contributed by atoms with van der Waals surface area (Å²) in [7, 11) is 5.13. The summed E-state index contributed by atoms with van der Waals surface area (Å²) in [6.45, 7) is 1.44. The molecule has 33 heavy (non-hydrogen) atoms. The minimum Gasteiger partial charge on any atom is -0.539 e. The maximum absolute atomic E-state index is 12.3. The molecule has 0 heterocycles. The standard InChI is InChI=1S/C21H33NO5.C2H2O4/c1-22(13-12-18(24)16-8-5-4-6-9-16)14-17(23)15-27-20-11-7-10-19(25-2)21(20)26-3;3-1(4)2(5)6/h7,10-11,16-17,23H,4-6,8-9,12-15H2,1-3H3;(H,3,4)(H,5,6). The van der Waals surface area contributed by atoms with Crippen LogP contribution in [0.15, 0.2) is 18.2 Å². The third-order valence-corrected chi connectivity index (χ3v) is 5.42. The molecule has 2 unspecified atom stereocenters. The third-order valence-electron chi connectivity index (χ3n) is 5.42. The average molecular weight is 470 g/mol. The maximum atomic E-state index is 12.3. The first kappa shape index (κ1) is 28.2. The van der Waals surface area contributed by atoms with E-state index in [-0.39, 0.29) is 12.5 Å². The fraction of sp³-hybridized carbons (Fsp3) is 0.609. The van der Waals surface area contributed by atoms with E-state index < -0.39 is 18.0 Å². The van der Waals surface area contributed by atoms with Gasteiger partial charge in [0, 0.05) is 5.92 Å². The van der Waals surface area contributed by atoms with Gasteiger partial charge < -0.3 is 39.2 Å². The predicted octanol–water partition coefficient (Wildman–Crippen LogP) is -0.681. The summed E-state index contributed by atoms with van der Waals surface area (Å²) in [4.78, 5) is 31.5. The number of rotatable bonds is 11. The van der Waals surface area contributed by atoms with Crippen LogP contribution in [-0.2, 0) is 14.4 Å². The van der Waals surface area contributed by atoms with Crippen LogP contribution in [-0.4, -0.2) is 75.0 Å². The van der Waals surface area contributed by atoms with Gasteiger partial charge >= 0.3 is 5.97 Å². The lowest BCUT2D eigenvalue weighted by Gasteiger charge is -2.22. The number of aliphatic hydroxyl groups excluding tert-OH is 1. The highest BCUT2D eigenvalue weighted by atomic mass is 16.5. The molecule has 1 aliphatic carbocycles. The Morgan fingerprint density at radius 3 is 2.27 bits per heavy atom. The van der Waals surface area contributed by atoms with Crippen LogP contribution >= 0.6 is 0 Å². The summed E-state index contributed by atoms with van der Waals surface area (Å²) in [6, 6.07) is 5.40. The van der Waals surface area contributed by atoms with Gasteiger partial charge in [-0.05, 0) is 25.0 Å². The van der Waals surface area contributed by atoms with E-state index in [1.807, 2.05) is 13.1 Å². The highest BCUT2D eigenvalue weighted by Crippen LogP contribution is 2.36. The Morgan fingerprint density at radius 1 is 1.12 bits per heavy atom. The third kappa shape index (κ3) is 10.5. The molecule has 186 valence electrons. The zero-order valence-corrected chi connectivity index (χ0v) is 19.5. The fourth-order valence-corrected chi connectivity index (χ4v) is 3.69. The number of carbonyl (C=O) groups is 3. The summed E-state index contributed by atoms with van der Waals surface area (Å²) >= 11 is 0. The maximum Gasteiger partial charge on any atom is 0.351 e. The van der Waals surface area contributed by atoms with Gasteiger partial charge in [0.1, 0.15) is 25.0 Å². The van der Waals surface area contributed by atoms with Crippen molar-refractivity contribution in [2.75, 3.05) is 41.0 Å². The van der Waals surface area contributed by atoms with E-state index in [1.165, 1.54) is 19.3 Å². The van der Waals surface area contributed by atoms with E-state index in [1.54, 1.807) is 26.4 Å². The van der Waals surface area contributed by atoms with Gasteiger partial charge in [0.25, 0.3) is 0 Å². The molecule has 0 aliphatic heterocycles. The van der Waals surface area contributed by atoms with Crippen molar-refractivity contribution in [2.45, 2.75) is 44.6 Å². The van der Waals surface area contributed by atoms with Crippen LogP contribution in [0.4, 0.5) is 0 Å². The molecule has 2 atom stereocenters. The second kappa shape index (κ2) is 15.1. The van der Waals surface area contributed by atoms with Gasteiger partial charge in [-0.3, -0.25) is 4.79 Å². The molecule has 1 aromatic carbocycles. The van der Waals surface area contributed by atoms with Crippen molar-refractivity contribution >= 4 is 17.7 Å². The van der Waals surface area contributed by atoms with Crippen molar-refractivity contribution in [3.05, 3.63) is 18.2 Å². The molecule has 0 spiro atoms. The Morgan fingerprint density at radius 2 is 1.73 bits per heavy atom. The zero-order valence-electron chi connectivity index (χ0n) is 19.5. The number of quaternary nitrogens is 1. The van der Waals surface area contributed by atoms with Gasteiger partial charge in [-0.25, -0.2) is 4.79 Å². The molecule has 10 nitrogen and oxygen atoms in total. The number of carboxylic acids is 2. The lowest BCUT2D eigenvalue weighted by molar-refractivity contribution is -0.882. The van der Waals surface area contributed by atoms with Crippen molar-refractivity contribution in [1.82, 2.24) is 0 Å². The second-order valence-corrected chi connectivity index (χ2v) is 8.01. The monoisotopic (exact) mass is 469 g/mol. The Hall–Kier alpha value is -2.85. The predicted molar refractivity (Wildman–Crippen MR) is 117 cm³/mol. The SMILES string of the molecule is COc1cccc(OCC(O)C[NH+](C)CCC(=O)C2CCCCC2)c1OC.O=C([O-])C(=O)O. The number of hydrogen-bond acceptors (Lipinski definition) is 8. The molecule has 2 rings (SSSR count). The van der Waals surface area contributed by atoms with Gasteiger partial charge in [-0.1, -0.05) is 25.3 Å². The molecule has 0 bridgehead atoms. The van der Waals surface area contributed by atoms with Gasteiger partial charge in [-0.15, -0.1) is 0 Å². The first-order valence-corrected chi connectivity index (χ1v) is 11.0. The van der Waals surface area contributed by atoms with E-state index >= 15 is 0 Å². The number of methoxy groups -OCH3 is 2. The number of aliphatic hydroxyl groups is 1. The molecule has 1 aliphatic rings. The summed E-state index contributed by atoms with van der Waals surface area (Å²) in [6.07, 6.45) is 5.71. The van der Waals surface area contributed by atoms with Crippen LogP contribution in [0.2, 0.25) is 0 Å². The number of Topliss-reactive ketones (excluding diaryl/α,β-unsaturated/α-hetero) is 1. The van der Waals surface area contributed by atoms with Crippen molar-refractivity contribution in [3.8, 4) is 17.2 Å². The normalized spacial score (nSPS) is 15.4. The number of likely N-dealkylation sites (N-methyl/N-ethyl adjacent to an activating group) is 1. The molecular weight excluding hydrogens is 434 g/mol. The highest BCUT2D eigenvalue weighted by molar-refractivity contribution is 6.26. The first-order valence-electron chi connectivity index (χ1n) is 11.0. The number of benzene rings is 1. The lowest BCUT2D eigenvalue weighted by atomic mass is 9.85. The number of carbonyl (C=O) groups excluding carboxylic acids is 2.